The number of fused-ring (bicyclic) bond motifs is 1. The van der Waals surface area contributed by atoms with Crippen molar-refractivity contribution in [2.24, 2.45) is 5.10 Å². The zero-order chi connectivity index (χ0) is 21.9. The Morgan fingerprint density at radius 1 is 0.968 bits per heavy atom. The number of nitrogens with one attached hydrogen (secondary N) is 1. The monoisotopic (exact) mass is 437 g/mol. The summed E-state index contributed by atoms with van der Waals surface area (Å²) in [5.41, 5.74) is 6.85. The van der Waals surface area contributed by atoms with Crippen molar-refractivity contribution >= 4 is 33.9 Å². The van der Waals surface area contributed by atoms with Gasteiger partial charge in [-0.2, -0.15) is 5.10 Å². The maximum absolute atomic E-state index is 6.06. The largest absolute Gasteiger partial charge is 0.494 e. The number of unbranched alkanes of at least 4 members (excludes halogenated alkanes) is 6. The highest BCUT2D eigenvalue weighted by Gasteiger charge is 2.03. The first-order valence-electron chi connectivity index (χ1n) is 11.2. The van der Waals surface area contributed by atoms with Crippen LogP contribution in [0.1, 0.15) is 64.4 Å². The first-order chi connectivity index (χ1) is 15.2. The minimum atomic E-state index is 0.672. The number of halogens is 1. The van der Waals surface area contributed by atoms with E-state index in [1.807, 2.05) is 55.5 Å². The van der Waals surface area contributed by atoms with Crippen LogP contribution < -0.4 is 10.2 Å². The van der Waals surface area contributed by atoms with Crippen molar-refractivity contribution in [1.29, 1.82) is 0 Å². The highest BCUT2D eigenvalue weighted by Crippen LogP contribution is 2.24. The van der Waals surface area contributed by atoms with Crippen molar-refractivity contribution in [3.05, 3.63) is 65.3 Å². The molecule has 3 rings (SSSR count). The van der Waals surface area contributed by atoms with Crippen LogP contribution in [0.2, 0.25) is 5.02 Å². The summed E-state index contributed by atoms with van der Waals surface area (Å²) in [6.45, 7) is 5.02. The molecule has 0 atom stereocenters. The Morgan fingerprint density at radius 3 is 2.48 bits per heavy atom. The Labute approximate surface area is 190 Å². The second-order valence-corrected chi connectivity index (χ2v) is 8.26. The van der Waals surface area contributed by atoms with Crippen LogP contribution in [0.25, 0.3) is 10.9 Å². The highest BCUT2D eigenvalue weighted by molar-refractivity contribution is 6.31. The molecule has 0 fully saturated rings. The van der Waals surface area contributed by atoms with E-state index in [0.717, 1.165) is 46.6 Å². The molecule has 0 bridgehead atoms. The van der Waals surface area contributed by atoms with Gasteiger partial charge in [0.1, 0.15) is 5.75 Å². The molecule has 0 aliphatic heterocycles. The van der Waals surface area contributed by atoms with Crippen molar-refractivity contribution in [2.75, 3.05) is 12.0 Å². The molecule has 1 aromatic heterocycles. The van der Waals surface area contributed by atoms with Crippen LogP contribution in [0.15, 0.2) is 59.8 Å². The average Bonchev–Trinajstić information content (AvgIpc) is 2.79. The van der Waals surface area contributed by atoms with E-state index in [1.54, 1.807) is 6.20 Å². The standard InChI is InChI=1S/C26H32ClN3O/c1-3-4-5-6-7-8-9-18-31-23-13-10-21(11-14-23)20(2)29-30-25-16-17-28-26-19-22(27)12-15-24(25)26/h10-17,19H,3-9,18H2,1-2H3,(H,28,30). The molecule has 0 amide bonds. The van der Waals surface area contributed by atoms with Crippen LogP contribution in [0.5, 0.6) is 5.75 Å². The minimum Gasteiger partial charge on any atom is -0.494 e. The second kappa shape index (κ2) is 12.3. The number of benzene rings is 2. The van der Waals surface area contributed by atoms with E-state index in [1.165, 1.54) is 38.5 Å². The van der Waals surface area contributed by atoms with E-state index in [0.29, 0.717) is 5.02 Å². The molecular formula is C26H32ClN3O. The summed E-state index contributed by atoms with van der Waals surface area (Å²) in [5.74, 6) is 0.910. The first-order valence-corrected chi connectivity index (χ1v) is 11.6. The molecule has 0 saturated heterocycles. The van der Waals surface area contributed by atoms with E-state index < -0.39 is 0 Å². The number of ether oxygens (including phenoxy) is 1. The Morgan fingerprint density at radius 2 is 1.71 bits per heavy atom. The Hall–Kier alpha value is -2.59. The summed E-state index contributed by atoms with van der Waals surface area (Å²) >= 11 is 6.06. The van der Waals surface area contributed by atoms with Crippen molar-refractivity contribution in [1.82, 2.24) is 4.98 Å². The molecule has 0 aliphatic carbocycles. The van der Waals surface area contributed by atoms with Gasteiger partial charge in [0.2, 0.25) is 0 Å². The van der Waals surface area contributed by atoms with Crippen molar-refractivity contribution in [3.8, 4) is 5.75 Å². The number of pyridine rings is 1. The minimum absolute atomic E-state index is 0.672. The molecule has 0 aliphatic rings. The third-order valence-corrected chi connectivity index (χ3v) is 5.57. The number of hydrazone groups is 1. The van der Waals surface area contributed by atoms with Gasteiger partial charge in [0.05, 0.1) is 23.5 Å². The average molecular weight is 438 g/mol. The lowest BCUT2D eigenvalue weighted by Crippen LogP contribution is -2.01. The molecule has 5 heteroatoms. The fourth-order valence-corrected chi connectivity index (χ4v) is 3.64. The van der Waals surface area contributed by atoms with Gasteiger partial charge in [-0.15, -0.1) is 0 Å². The van der Waals surface area contributed by atoms with Gasteiger partial charge >= 0.3 is 0 Å². The van der Waals surface area contributed by atoms with Crippen molar-refractivity contribution in [2.45, 2.75) is 58.8 Å². The molecule has 31 heavy (non-hydrogen) atoms. The van der Waals surface area contributed by atoms with Crippen molar-refractivity contribution in [3.63, 3.8) is 0 Å². The van der Waals surface area contributed by atoms with Crippen LogP contribution in [0.4, 0.5) is 5.69 Å². The van der Waals surface area contributed by atoms with Gasteiger partial charge < -0.3 is 4.74 Å². The number of hydrogen-bond donors (Lipinski definition) is 1. The van der Waals surface area contributed by atoms with Crippen LogP contribution in [-0.4, -0.2) is 17.3 Å². The molecule has 4 nitrogen and oxygen atoms in total. The molecule has 0 radical (unpaired) electrons. The molecule has 0 spiro atoms. The number of hydrogen-bond acceptors (Lipinski definition) is 4. The lowest BCUT2D eigenvalue weighted by Gasteiger charge is -2.09. The summed E-state index contributed by atoms with van der Waals surface area (Å²) in [6.07, 6.45) is 10.8. The predicted molar refractivity (Wildman–Crippen MR) is 133 cm³/mol. The number of nitrogens with zero attached hydrogens (tertiary/aromatic N) is 2. The van der Waals surface area contributed by atoms with Crippen molar-refractivity contribution < 1.29 is 4.74 Å². The van der Waals surface area contributed by atoms with E-state index in [-0.39, 0.29) is 0 Å². The van der Waals surface area contributed by atoms with E-state index in [2.05, 4.69) is 22.4 Å². The Balaban J connectivity index is 1.49. The van der Waals surface area contributed by atoms with Crippen LogP contribution >= 0.6 is 11.6 Å². The molecule has 1 heterocycles. The van der Waals surface area contributed by atoms with Gasteiger partial charge in [-0.3, -0.25) is 10.4 Å². The van der Waals surface area contributed by atoms with Gasteiger partial charge in [0, 0.05) is 16.6 Å². The molecule has 0 saturated carbocycles. The quantitative estimate of drug-likeness (QED) is 0.178. The lowest BCUT2D eigenvalue weighted by atomic mass is 10.1. The molecule has 0 unspecified atom stereocenters. The van der Waals surface area contributed by atoms with Gasteiger partial charge in [0.15, 0.2) is 0 Å². The lowest BCUT2D eigenvalue weighted by molar-refractivity contribution is 0.304. The zero-order valence-corrected chi connectivity index (χ0v) is 19.3. The number of rotatable bonds is 12. The van der Waals surface area contributed by atoms with Gasteiger partial charge in [0.25, 0.3) is 0 Å². The van der Waals surface area contributed by atoms with Crippen LogP contribution in [0, 0.1) is 0 Å². The summed E-state index contributed by atoms with van der Waals surface area (Å²) in [7, 11) is 0. The Kier molecular flexibility index (Phi) is 9.16. The van der Waals surface area contributed by atoms with E-state index in [9.17, 15) is 0 Å². The van der Waals surface area contributed by atoms with Gasteiger partial charge in [-0.1, -0.05) is 57.0 Å². The third-order valence-electron chi connectivity index (χ3n) is 5.34. The second-order valence-electron chi connectivity index (χ2n) is 7.82. The SMILES string of the molecule is CCCCCCCCCOc1ccc(C(C)=NNc2ccnc3cc(Cl)ccc23)cc1. The third kappa shape index (κ3) is 7.25. The fraction of sp³-hybridized carbons (Fsp3) is 0.385. The van der Waals surface area contributed by atoms with E-state index in [4.69, 9.17) is 16.3 Å². The molecule has 164 valence electrons. The van der Waals surface area contributed by atoms with E-state index >= 15 is 0 Å². The first kappa shape index (κ1) is 23.1. The smallest absolute Gasteiger partial charge is 0.119 e. The highest BCUT2D eigenvalue weighted by atomic mass is 35.5. The maximum atomic E-state index is 6.06. The molecule has 1 N–H and O–H groups in total. The Bertz CT molecular complexity index is 986. The number of anilines is 1. The maximum Gasteiger partial charge on any atom is 0.119 e. The molecule has 2 aromatic carbocycles. The topological polar surface area (TPSA) is 46.5 Å². The van der Waals surface area contributed by atoms with Gasteiger partial charge in [-0.25, -0.2) is 0 Å². The summed E-state index contributed by atoms with van der Waals surface area (Å²) in [4.78, 5) is 4.36. The van der Waals surface area contributed by atoms with Crippen LogP contribution in [0.3, 0.4) is 0 Å². The molecule has 3 aromatic rings. The zero-order valence-electron chi connectivity index (χ0n) is 18.5. The normalized spacial score (nSPS) is 11.6. The van der Waals surface area contributed by atoms with Gasteiger partial charge in [-0.05, 0) is 67.4 Å². The van der Waals surface area contributed by atoms with Crippen LogP contribution in [-0.2, 0) is 0 Å². The summed E-state index contributed by atoms with van der Waals surface area (Å²) in [6, 6.07) is 15.7. The summed E-state index contributed by atoms with van der Waals surface area (Å²) in [5, 5.41) is 6.21. The fourth-order valence-electron chi connectivity index (χ4n) is 3.47. The molecular weight excluding hydrogens is 406 g/mol. The summed E-state index contributed by atoms with van der Waals surface area (Å²) < 4.78 is 5.88. The predicted octanol–water partition coefficient (Wildman–Crippen LogP) is 7.85. The number of aromatic nitrogens is 1.